The second kappa shape index (κ2) is 10.4. The van der Waals surface area contributed by atoms with Gasteiger partial charge in [-0.1, -0.05) is 12.7 Å². The minimum atomic E-state index is -0.869. The van der Waals surface area contributed by atoms with E-state index in [9.17, 15) is 9.59 Å². The van der Waals surface area contributed by atoms with Crippen LogP contribution in [0.3, 0.4) is 0 Å². The van der Waals surface area contributed by atoms with Crippen molar-refractivity contribution in [3.8, 4) is 11.5 Å². The van der Waals surface area contributed by atoms with Gasteiger partial charge in [-0.3, -0.25) is 9.59 Å². The van der Waals surface area contributed by atoms with Crippen LogP contribution in [0.5, 0.6) is 11.5 Å². The van der Waals surface area contributed by atoms with Gasteiger partial charge in [0, 0.05) is 5.69 Å². The molecule has 0 atom stereocenters. The number of anilines is 1. The summed E-state index contributed by atoms with van der Waals surface area (Å²) >= 11 is 0. The molecule has 27 heavy (non-hydrogen) atoms. The summed E-state index contributed by atoms with van der Waals surface area (Å²) in [6, 6.07) is 13.8. The molecule has 2 aromatic carbocycles. The van der Waals surface area contributed by atoms with Gasteiger partial charge in [0.1, 0.15) is 18.1 Å². The Bertz CT molecular complexity index is 799. The number of carbonyl (C=O) groups is 2. The van der Waals surface area contributed by atoms with Crippen LogP contribution >= 0.6 is 0 Å². The Labute approximate surface area is 157 Å². The van der Waals surface area contributed by atoms with E-state index in [1.807, 2.05) is 6.92 Å². The third-order valence-electron chi connectivity index (χ3n) is 3.26. The van der Waals surface area contributed by atoms with Gasteiger partial charge in [0.15, 0.2) is 0 Å². The number of amides is 2. The number of ether oxygens (including phenoxy) is 2. The van der Waals surface area contributed by atoms with Gasteiger partial charge < -0.3 is 14.8 Å². The van der Waals surface area contributed by atoms with Crippen LogP contribution in [-0.2, 0) is 9.59 Å². The van der Waals surface area contributed by atoms with Crippen LogP contribution in [0.15, 0.2) is 66.3 Å². The molecule has 0 fully saturated rings. The predicted octanol–water partition coefficient (Wildman–Crippen LogP) is 2.74. The van der Waals surface area contributed by atoms with Crippen LogP contribution in [0.25, 0.3) is 0 Å². The van der Waals surface area contributed by atoms with E-state index in [1.54, 1.807) is 54.6 Å². The number of carbonyl (C=O) groups excluding carboxylic acids is 2. The quantitative estimate of drug-likeness (QED) is 0.325. The Hall–Kier alpha value is -3.61. The summed E-state index contributed by atoms with van der Waals surface area (Å²) in [5.74, 6) is -0.299. The zero-order valence-electron chi connectivity index (χ0n) is 15.0. The van der Waals surface area contributed by atoms with Crippen molar-refractivity contribution in [3.05, 3.63) is 66.7 Å². The summed E-state index contributed by atoms with van der Waals surface area (Å²) < 4.78 is 10.7. The second-order valence-electron chi connectivity index (χ2n) is 5.28. The standard InChI is InChI=1S/C20H21N3O4/c1-3-13-27-18-9-5-15(6-10-18)14-21-23-20(25)19(24)22-16-7-11-17(12-8-16)26-4-2/h3,5-12,14H,1,4,13H2,2H3,(H,22,24)(H,23,25). The molecule has 0 unspecified atom stereocenters. The first kappa shape index (κ1) is 19.7. The van der Waals surface area contributed by atoms with Crippen molar-refractivity contribution in [1.29, 1.82) is 0 Å². The van der Waals surface area contributed by atoms with E-state index in [2.05, 4.69) is 22.4 Å². The molecule has 2 amide bonds. The fraction of sp³-hybridized carbons (Fsp3) is 0.150. The van der Waals surface area contributed by atoms with E-state index in [-0.39, 0.29) is 0 Å². The highest BCUT2D eigenvalue weighted by Crippen LogP contribution is 2.15. The van der Waals surface area contributed by atoms with Gasteiger partial charge in [-0.05, 0) is 61.0 Å². The summed E-state index contributed by atoms with van der Waals surface area (Å²) in [4.78, 5) is 23.6. The van der Waals surface area contributed by atoms with Crippen LogP contribution in [0.1, 0.15) is 12.5 Å². The molecular formula is C20H21N3O4. The lowest BCUT2D eigenvalue weighted by atomic mass is 10.2. The number of nitrogens with zero attached hydrogens (tertiary/aromatic N) is 1. The highest BCUT2D eigenvalue weighted by molar-refractivity contribution is 6.39. The third kappa shape index (κ3) is 6.66. The number of hydrazone groups is 1. The first-order valence-electron chi connectivity index (χ1n) is 8.33. The van der Waals surface area contributed by atoms with E-state index in [1.165, 1.54) is 6.21 Å². The SMILES string of the molecule is C=CCOc1ccc(C=NNC(=O)C(=O)Nc2ccc(OCC)cc2)cc1. The van der Waals surface area contributed by atoms with E-state index in [0.29, 0.717) is 30.4 Å². The number of benzene rings is 2. The van der Waals surface area contributed by atoms with Crippen molar-refractivity contribution in [1.82, 2.24) is 5.43 Å². The van der Waals surface area contributed by atoms with Crippen molar-refractivity contribution < 1.29 is 19.1 Å². The van der Waals surface area contributed by atoms with E-state index >= 15 is 0 Å². The molecule has 0 bridgehead atoms. The van der Waals surface area contributed by atoms with Crippen molar-refractivity contribution in [2.45, 2.75) is 6.92 Å². The van der Waals surface area contributed by atoms with Crippen molar-refractivity contribution in [2.24, 2.45) is 5.10 Å². The Morgan fingerprint density at radius 1 is 1.00 bits per heavy atom. The molecule has 0 saturated carbocycles. The van der Waals surface area contributed by atoms with Gasteiger partial charge in [0.2, 0.25) is 0 Å². The van der Waals surface area contributed by atoms with Crippen LogP contribution in [0, 0.1) is 0 Å². The Morgan fingerprint density at radius 2 is 1.63 bits per heavy atom. The fourth-order valence-corrected chi connectivity index (χ4v) is 2.01. The monoisotopic (exact) mass is 367 g/mol. The van der Waals surface area contributed by atoms with Crippen molar-refractivity contribution in [3.63, 3.8) is 0 Å². The molecule has 0 heterocycles. The molecule has 0 radical (unpaired) electrons. The lowest BCUT2D eigenvalue weighted by molar-refractivity contribution is -0.136. The molecule has 0 aliphatic rings. The van der Waals surface area contributed by atoms with E-state index in [0.717, 1.165) is 5.56 Å². The van der Waals surface area contributed by atoms with Gasteiger partial charge >= 0.3 is 11.8 Å². The molecule has 0 aliphatic carbocycles. The maximum Gasteiger partial charge on any atom is 0.329 e. The van der Waals surface area contributed by atoms with Gasteiger partial charge in [-0.25, -0.2) is 5.43 Å². The normalized spacial score (nSPS) is 10.3. The van der Waals surface area contributed by atoms with E-state index in [4.69, 9.17) is 9.47 Å². The van der Waals surface area contributed by atoms with Gasteiger partial charge in [-0.15, -0.1) is 0 Å². The van der Waals surface area contributed by atoms with Crippen LogP contribution in [0.4, 0.5) is 5.69 Å². The van der Waals surface area contributed by atoms with Crippen molar-refractivity contribution >= 4 is 23.7 Å². The Balaban J connectivity index is 1.82. The topological polar surface area (TPSA) is 89.0 Å². The summed E-state index contributed by atoms with van der Waals surface area (Å²) in [5, 5.41) is 6.25. The van der Waals surface area contributed by atoms with Crippen LogP contribution in [0.2, 0.25) is 0 Å². The minimum Gasteiger partial charge on any atom is -0.494 e. The molecule has 0 spiro atoms. The lowest BCUT2D eigenvalue weighted by Gasteiger charge is -2.06. The summed E-state index contributed by atoms with van der Waals surface area (Å²) in [5.41, 5.74) is 3.41. The number of rotatable bonds is 8. The molecular weight excluding hydrogens is 346 g/mol. The average Bonchev–Trinajstić information content (AvgIpc) is 2.69. The van der Waals surface area contributed by atoms with Gasteiger partial charge in [0.05, 0.1) is 12.8 Å². The minimum absolute atomic E-state index is 0.424. The van der Waals surface area contributed by atoms with E-state index < -0.39 is 11.8 Å². The summed E-state index contributed by atoms with van der Waals surface area (Å²) in [6.45, 7) is 6.43. The zero-order valence-corrected chi connectivity index (χ0v) is 15.0. The maximum atomic E-state index is 11.9. The molecule has 0 saturated heterocycles. The van der Waals surface area contributed by atoms with Gasteiger partial charge in [-0.2, -0.15) is 5.10 Å². The molecule has 2 aromatic rings. The summed E-state index contributed by atoms with van der Waals surface area (Å²) in [7, 11) is 0. The zero-order chi connectivity index (χ0) is 19.5. The number of nitrogens with one attached hydrogen (secondary N) is 2. The number of hydrogen-bond acceptors (Lipinski definition) is 5. The van der Waals surface area contributed by atoms with Crippen LogP contribution in [-0.4, -0.2) is 31.2 Å². The first-order valence-corrected chi connectivity index (χ1v) is 8.33. The second-order valence-corrected chi connectivity index (χ2v) is 5.28. The lowest BCUT2D eigenvalue weighted by Crippen LogP contribution is -2.32. The molecule has 0 aromatic heterocycles. The third-order valence-corrected chi connectivity index (χ3v) is 3.26. The average molecular weight is 367 g/mol. The maximum absolute atomic E-state index is 11.9. The smallest absolute Gasteiger partial charge is 0.329 e. The van der Waals surface area contributed by atoms with Crippen molar-refractivity contribution in [2.75, 3.05) is 18.5 Å². The highest BCUT2D eigenvalue weighted by atomic mass is 16.5. The predicted molar refractivity (Wildman–Crippen MR) is 104 cm³/mol. The highest BCUT2D eigenvalue weighted by Gasteiger charge is 2.12. The molecule has 7 nitrogen and oxygen atoms in total. The Morgan fingerprint density at radius 3 is 2.26 bits per heavy atom. The largest absolute Gasteiger partial charge is 0.494 e. The molecule has 2 N–H and O–H groups in total. The number of hydrogen-bond donors (Lipinski definition) is 2. The molecule has 0 aliphatic heterocycles. The molecule has 7 heteroatoms. The summed E-state index contributed by atoms with van der Waals surface area (Å²) in [6.07, 6.45) is 3.09. The molecule has 2 rings (SSSR count). The first-order chi connectivity index (χ1) is 13.1. The van der Waals surface area contributed by atoms with Gasteiger partial charge in [0.25, 0.3) is 0 Å². The fourth-order valence-electron chi connectivity index (χ4n) is 2.01. The Kier molecular flexibility index (Phi) is 7.59. The van der Waals surface area contributed by atoms with Crippen LogP contribution < -0.4 is 20.2 Å². The molecule has 140 valence electrons.